The highest BCUT2D eigenvalue weighted by Gasteiger charge is 2.30. The van der Waals surface area contributed by atoms with Gasteiger partial charge in [0.1, 0.15) is 5.82 Å². The van der Waals surface area contributed by atoms with Crippen LogP contribution < -0.4 is 24.8 Å². The van der Waals surface area contributed by atoms with E-state index in [4.69, 9.17) is 14.2 Å². The number of aromatic nitrogens is 2. The van der Waals surface area contributed by atoms with Gasteiger partial charge in [0.25, 0.3) is 0 Å². The molecule has 1 amide bonds. The van der Waals surface area contributed by atoms with Crippen molar-refractivity contribution in [1.29, 1.82) is 0 Å². The topological polar surface area (TPSA) is 97.8 Å². The molecule has 0 spiro atoms. The van der Waals surface area contributed by atoms with Gasteiger partial charge in [0.15, 0.2) is 11.5 Å². The number of benzene rings is 1. The third kappa shape index (κ3) is 4.24. The smallest absolute Gasteiger partial charge is 0.415 e. The van der Waals surface area contributed by atoms with Crippen molar-refractivity contribution < 1.29 is 19.0 Å². The number of allylic oxidation sites excluding steroid dienone is 1. The molecule has 0 saturated heterocycles. The van der Waals surface area contributed by atoms with Gasteiger partial charge in [-0.1, -0.05) is 18.2 Å². The monoisotopic (exact) mass is 411 g/mol. The van der Waals surface area contributed by atoms with E-state index in [0.717, 1.165) is 18.5 Å². The number of rotatable bonds is 4. The standard InChI is InChI=1S/C21H25N5O4/c1-13-12-17(22-3)24-19(23-13)25-20-28-15-9-7-10-16(18(15)30-20)29-21(27)26-11-6-4-5-8-14(26)2/h4,6-7,9-10,12,14,20H,5,8,11H2,1-3H3,(H2,22,23,24,25). The van der Waals surface area contributed by atoms with E-state index in [-0.39, 0.29) is 6.04 Å². The van der Waals surface area contributed by atoms with Crippen LogP contribution in [0, 0.1) is 6.92 Å². The molecule has 30 heavy (non-hydrogen) atoms. The third-order valence-corrected chi connectivity index (χ3v) is 4.94. The van der Waals surface area contributed by atoms with Crippen LogP contribution in [0.5, 0.6) is 17.2 Å². The van der Waals surface area contributed by atoms with Gasteiger partial charge in [0.05, 0.1) is 0 Å². The molecule has 0 aliphatic carbocycles. The number of carbonyl (C=O) groups is 1. The molecule has 3 heterocycles. The minimum Gasteiger partial charge on any atom is -0.433 e. The summed E-state index contributed by atoms with van der Waals surface area (Å²) in [5.74, 6) is 2.19. The molecule has 0 bridgehead atoms. The molecule has 2 atom stereocenters. The van der Waals surface area contributed by atoms with Gasteiger partial charge in [-0.15, -0.1) is 0 Å². The van der Waals surface area contributed by atoms with E-state index in [9.17, 15) is 4.79 Å². The maximum atomic E-state index is 12.7. The first-order chi connectivity index (χ1) is 14.5. The molecule has 9 heteroatoms. The average Bonchev–Trinajstić information content (AvgIpc) is 3.00. The Morgan fingerprint density at radius 1 is 1.27 bits per heavy atom. The summed E-state index contributed by atoms with van der Waals surface area (Å²) < 4.78 is 17.3. The maximum absolute atomic E-state index is 12.7. The SMILES string of the molecule is CNc1cc(C)nc(NC2Oc3cccc(OC(=O)N4CC=CCCC4C)c3O2)n1. The molecule has 1 aromatic carbocycles. The van der Waals surface area contributed by atoms with E-state index < -0.39 is 12.5 Å². The molecule has 2 aliphatic heterocycles. The molecular weight excluding hydrogens is 386 g/mol. The Kier molecular flexibility index (Phi) is 5.60. The van der Waals surface area contributed by atoms with Crippen LogP contribution >= 0.6 is 0 Å². The molecule has 9 nitrogen and oxygen atoms in total. The van der Waals surface area contributed by atoms with Crippen molar-refractivity contribution in [3.8, 4) is 17.2 Å². The Labute approximate surface area is 175 Å². The van der Waals surface area contributed by atoms with E-state index in [1.807, 2.05) is 26.0 Å². The number of para-hydroxylation sites is 1. The zero-order valence-corrected chi connectivity index (χ0v) is 17.2. The van der Waals surface area contributed by atoms with E-state index in [1.165, 1.54) is 0 Å². The molecule has 1 aromatic heterocycles. The van der Waals surface area contributed by atoms with Crippen LogP contribution in [0.2, 0.25) is 0 Å². The molecule has 2 aromatic rings. The summed E-state index contributed by atoms with van der Waals surface area (Å²) in [7, 11) is 1.78. The Hall–Kier alpha value is -3.49. The van der Waals surface area contributed by atoms with Crippen molar-refractivity contribution in [3.63, 3.8) is 0 Å². The molecule has 2 N–H and O–H groups in total. The van der Waals surface area contributed by atoms with Gasteiger partial charge in [0.2, 0.25) is 11.7 Å². The highest BCUT2D eigenvalue weighted by molar-refractivity contribution is 5.73. The average molecular weight is 411 g/mol. The summed E-state index contributed by atoms with van der Waals surface area (Å²) in [6, 6.07) is 7.11. The lowest BCUT2D eigenvalue weighted by Gasteiger charge is -2.25. The van der Waals surface area contributed by atoms with Crippen LogP contribution in [0.3, 0.4) is 0 Å². The van der Waals surface area contributed by atoms with E-state index in [0.29, 0.717) is 35.6 Å². The number of amides is 1. The van der Waals surface area contributed by atoms with Crippen LogP contribution in [0.1, 0.15) is 25.5 Å². The van der Waals surface area contributed by atoms with Crippen molar-refractivity contribution in [3.05, 3.63) is 42.1 Å². The minimum atomic E-state index is -0.841. The Morgan fingerprint density at radius 3 is 2.97 bits per heavy atom. The number of anilines is 2. The number of carbonyl (C=O) groups excluding carboxylic acids is 1. The number of ether oxygens (including phenoxy) is 3. The number of nitrogens with one attached hydrogen (secondary N) is 2. The Balaban J connectivity index is 1.47. The molecule has 0 fully saturated rings. The van der Waals surface area contributed by atoms with Crippen molar-refractivity contribution in [2.45, 2.75) is 39.1 Å². The maximum Gasteiger partial charge on any atom is 0.415 e. The largest absolute Gasteiger partial charge is 0.433 e. The van der Waals surface area contributed by atoms with Crippen LogP contribution in [-0.2, 0) is 0 Å². The zero-order chi connectivity index (χ0) is 21.1. The number of fused-ring (bicyclic) bond motifs is 1. The highest BCUT2D eigenvalue weighted by Crippen LogP contribution is 2.42. The fraction of sp³-hybridized carbons (Fsp3) is 0.381. The summed E-state index contributed by atoms with van der Waals surface area (Å²) >= 11 is 0. The molecule has 2 unspecified atom stereocenters. The van der Waals surface area contributed by atoms with Crippen molar-refractivity contribution in [2.75, 3.05) is 24.2 Å². The highest BCUT2D eigenvalue weighted by atomic mass is 16.7. The van der Waals surface area contributed by atoms with Crippen LogP contribution in [0.15, 0.2) is 36.4 Å². The first-order valence-electron chi connectivity index (χ1n) is 9.93. The van der Waals surface area contributed by atoms with Crippen molar-refractivity contribution in [2.24, 2.45) is 0 Å². The number of aryl methyl sites for hydroxylation is 1. The summed E-state index contributed by atoms with van der Waals surface area (Å²) in [6.45, 7) is 4.41. The molecule has 158 valence electrons. The van der Waals surface area contributed by atoms with Gasteiger partial charge < -0.3 is 24.4 Å². The quantitative estimate of drug-likeness (QED) is 0.738. The summed E-state index contributed by atoms with van der Waals surface area (Å²) in [6.07, 6.45) is 4.67. The first-order valence-corrected chi connectivity index (χ1v) is 9.93. The molecule has 0 saturated carbocycles. The van der Waals surface area contributed by atoms with Crippen LogP contribution in [-0.4, -0.2) is 47.0 Å². The van der Waals surface area contributed by atoms with E-state index in [1.54, 1.807) is 30.1 Å². The first kappa shape index (κ1) is 19.8. The minimum absolute atomic E-state index is 0.0932. The summed E-state index contributed by atoms with van der Waals surface area (Å²) in [5, 5.41) is 5.98. The van der Waals surface area contributed by atoms with Crippen LogP contribution in [0.4, 0.5) is 16.6 Å². The number of nitrogens with zero attached hydrogens (tertiary/aromatic N) is 3. The van der Waals surface area contributed by atoms with Gasteiger partial charge in [-0.25, -0.2) is 9.78 Å². The van der Waals surface area contributed by atoms with Gasteiger partial charge in [-0.3, -0.25) is 5.32 Å². The molecular formula is C21H25N5O4. The Morgan fingerprint density at radius 2 is 2.13 bits per heavy atom. The second kappa shape index (κ2) is 8.48. The van der Waals surface area contributed by atoms with Gasteiger partial charge in [-0.2, -0.15) is 4.98 Å². The van der Waals surface area contributed by atoms with Gasteiger partial charge in [0, 0.05) is 31.4 Å². The lowest BCUT2D eigenvalue weighted by Crippen LogP contribution is -2.40. The predicted molar refractivity (Wildman–Crippen MR) is 112 cm³/mol. The summed E-state index contributed by atoms with van der Waals surface area (Å²) in [4.78, 5) is 23.1. The lowest BCUT2D eigenvalue weighted by atomic mass is 10.2. The van der Waals surface area contributed by atoms with Gasteiger partial charge >= 0.3 is 12.5 Å². The van der Waals surface area contributed by atoms with Crippen LogP contribution in [0.25, 0.3) is 0 Å². The number of hydrogen-bond acceptors (Lipinski definition) is 8. The zero-order valence-electron chi connectivity index (χ0n) is 17.2. The fourth-order valence-corrected chi connectivity index (χ4v) is 3.34. The fourth-order valence-electron chi connectivity index (χ4n) is 3.34. The molecule has 0 radical (unpaired) electrons. The van der Waals surface area contributed by atoms with E-state index >= 15 is 0 Å². The number of hydrogen-bond donors (Lipinski definition) is 2. The predicted octanol–water partition coefficient (Wildman–Crippen LogP) is 3.53. The Bertz CT molecular complexity index is 964. The normalized spacial score (nSPS) is 19.9. The molecule has 4 rings (SSSR count). The van der Waals surface area contributed by atoms with Gasteiger partial charge in [-0.05, 0) is 38.8 Å². The lowest BCUT2D eigenvalue weighted by molar-refractivity contribution is 0.0733. The second-order valence-corrected chi connectivity index (χ2v) is 7.18. The second-order valence-electron chi connectivity index (χ2n) is 7.18. The molecule has 2 aliphatic rings. The third-order valence-electron chi connectivity index (χ3n) is 4.94. The van der Waals surface area contributed by atoms with E-state index in [2.05, 4.69) is 26.7 Å². The van der Waals surface area contributed by atoms with Crippen molar-refractivity contribution >= 4 is 17.9 Å². The van der Waals surface area contributed by atoms with Crippen molar-refractivity contribution in [1.82, 2.24) is 14.9 Å². The summed E-state index contributed by atoms with van der Waals surface area (Å²) in [5.41, 5.74) is 0.794.